The summed E-state index contributed by atoms with van der Waals surface area (Å²) in [5.41, 5.74) is 7.29. The fraction of sp³-hybridized carbons (Fsp3) is 0.222. The summed E-state index contributed by atoms with van der Waals surface area (Å²) in [5, 5.41) is 3.60. The number of aromatic amines is 1. The van der Waals surface area contributed by atoms with Gasteiger partial charge in [0.25, 0.3) is 11.8 Å². The number of fused-ring (bicyclic) bond motifs is 1. The van der Waals surface area contributed by atoms with E-state index in [2.05, 4.69) is 34.1 Å². The molecule has 0 unspecified atom stereocenters. The number of rotatable bonds is 5. The Labute approximate surface area is 144 Å². The summed E-state index contributed by atoms with van der Waals surface area (Å²) in [5.74, 6) is 0.224. The molecule has 0 fully saturated rings. The highest BCUT2D eigenvalue weighted by Gasteiger charge is 2.11. The van der Waals surface area contributed by atoms with E-state index in [-0.39, 0.29) is 5.91 Å². The van der Waals surface area contributed by atoms with Crippen molar-refractivity contribution in [1.29, 1.82) is 0 Å². The van der Waals surface area contributed by atoms with Crippen LogP contribution in [0.1, 0.15) is 40.6 Å². The Kier molecular flexibility index (Phi) is 4.47. The van der Waals surface area contributed by atoms with Gasteiger partial charge in [-0.1, -0.05) is 13.8 Å². The number of nitrogens with one attached hydrogen (secondary N) is 2. The van der Waals surface area contributed by atoms with Crippen LogP contribution in [0.4, 0.5) is 5.69 Å². The SMILES string of the molecule is CC(C)Cc1nccc(C(=O)Nc2ccc3[nH]c(C(N)=O)cc3c2)n1. The summed E-state index contributed by atoms with van der Waals surface area (Å²) in [7, 11) is 0. The van der Waals surface area contributed by atoms with E-state index in [9.17, 15) is 9.59 Å². The van der Waals surface area contributed by atoms with Crippen molar-refractivity contribution in [3.8, 4) is 0 Å². The Morgan fingerprint density at radius 1 is 1.24 bits per heavy atom. The van der Waals surface area contributed by atoms with Gasteiger partial charge in [-0.25, -0.2) is 9.97 Å². The molecule has 2 aromatic heterocycles. The van der Waals surface area contributed by atoms with E-state index in [0.29, 0.717) is 35.2 Å². The van der Waals surface area contributed by atoms with E-state index in [1.54, 1.807) is 36.5 Å². The lowest BCUT2D eigenvalue weighted by Crippen LogP contribution is -2.15. The Hall–Kier alpha value is -3.22. The molecule has 0 bridgehead atoms. The first-order valence-corrected chi connectivity index (χ1v) is 7.98. The van der Waals surface area contributed by atoms with Gasteiger partial charge in [-0.05, 0) is 36.2 Å². The highest BCUT2D eigenvalue weighted by Crippen LogP contribution is 2.20. The zero-order chi connectivity index (χ0) is 18.0. The molecule has 0 radical (unpaired) electrons. The first-order valence-electron chi connectivity index (χ1n) is 7.98. The molecule has 128 valence electrons. The molecule has 4 N–H and O–H groups in total. The molecule has 0 aliphatic carbocycles. The second kappa shape index (κ2) is 6.72. The number of benzene rings is 1. The quantitative estimate of drug-likeness (QED) is 0.663. The summed E-state index contributed by atoms with van der Waals surface area (Å²) in [4.78, 5) is 35.1. The van der Waals surface area contributed by atoms with Crippen LogP contribution in [-0.2, 0) is 6.42 Å². The van der Waals surface area contributed by atoms with E-state index >= 15 is 0 Å². The molecule has 2 heterocycles. The Balaban J connectivity index is 1.80. The summed E-state index contributed by atoms with van der Waals surface area (Å²) < 4.78 is 0. The van der Waals surface area contributed by atoms with Crippen molar-refractivity contribution in [3.05, 3.63) is 53.7 Å². The number of nitrogens with two attached hydrogens (primary N) is 1. The van der Waals surface area contributed by atoms with Crippen molar-refractivity contribution < 1.29 is 9.59 Å². The van der Waals surface area contributed by atoms with Crippen LogP contribution in [0.5, 0.6) is 0 Å². The number of primary amides is 1. The zero-order valence-corrected chi connectivity index (χ0v) is 14.0. The van der Waals surface area contributed by atoms with Gasteiger partial charge in [0, 0.05) is 29.2 Å². The largest absolute Gasteiger partial charge is 0.364 e. The molecule has 0 spiro atoms. The van der Waals surface area contributed by atoms with Crippen LogP contribution >= 0.6 is 0 Å². The Morgan fingerprint density at radius 2 is 2.04 bits per heavy atom. The van der Waals surface area contributed by atoms with Gasteiger partial charge in [-0.2, -0.15) is 0 Å². The monoisotopic (exact) mass is 337 g/mol. The number of hydrogen-bond acceptors (Lipinski definition) is 4. The Bertz CT molecular complexity index is 946. The van der Waals surface area contributed by atoms with Crippen LogP contribution in [0.2, 0.25) is 0 Å². The maximum atomic E-state index is 12.4. The fourth-order valence-corrected chi connectivity index (χ4v) is 2.53. The third-order valence-corrected chi connectivity index (χ3v) is 3.67. The molecular weight excluding hydrogens is 318 g/mol. The van der Waals surface area contributed by atoms with Crippen LogP contribution < -0.4 is 11.1 Å². The average Bonchev–Trinajstić information content (AvgIpc) is 2.98. The van der Waals surface area contributed by atoms with Crippen molar-refractivity contribution >= 4 is 28.4 Å². The van der Waals surface area contributed by atoms with Gasteiger partial charge in [0.05, 0.1) is 0 Å². The first kappa shape index (κ1) is 16.6. The first-order chi connectivity index (χ1) is 11.9. The van der Waals surface area contributed by atoms with Gasteiger partial charge in [0.1, 0.15) is 17.2 Å². The van der Waals surface area contributed by atoms with Crippen molar-refractivity contribution in [2.24, 2.45) is 11.7 Å². The molecule has 1 aromatic carbocycles. The highest BCUT2D eigenvalue weighted by atomic mass is 16.2. The average molecular weight is 337 g/mol. The van der Waals surface area contributed by atoms with Crippen LogP contribution in [0.25, 0.3) is 10.9 Å². The Morgan fingerprint density at radius 3 is 2.76 bits per heavy atom. The third kappa shape index (κ3) is 3.82. The molecule has 0 aliphatic heterocycles. The smallest absolute Gasteiger partial charge is 0.274 e. The minimum Gasteiger partial charge on any atom is -0.364 e. The maximum absolute atomic E-state index is 12.4. The lowest BCUT2D eigenvalue weighted by Gasteiger charge is -2.07. The normalized spacial score (nSPS) is 11.0. The van der Waals surface area contributed by atoms with Gasteiger partial charge in [0.15, 0.2) is 0 Å². The van der Waals surface area contributed by atoms with Gasteiger partial charge in [-0.3, -0.25) is 9.59 Å². The standard InChI is InChI=1S/C18H19N5O2/c1-10(2)7-16-20-6-5-14(23-16)18(25)21-12-3-4-13-11(8-12)9-15(22-13)17(19)24/h3-6,8-10,22H,7H2,1-2H3,(H2,19,24)(H,21,25). The summed E-state index contributed by atoms with van der Waals surface area (Å²) >= 11 is 0. The van der Waals surface area contributed by atoms with E-state index < -0.39 is 5.91 Å². The van der Waals surface area contributed by atoms with E-state index in [1.165, 1.54) is 0 Å². The molecule has 0 saturated carbocycles. The molecule has 25 heavy (non-hydrogen) atoms. The molecule has 0 atom stereocenters. The van der Waals surface area contributed by atoms with E-state index in [0.717, 1.165) is 10.9 Å². The van der Waals surface area contributed by atoms with Crippen LogP contribution in [0.15, 0.2) is 36.5 Å². The lowest BCUT2D eigenvalue weighted by molar-refractivity contribution is 0.0993. The molecular formula is C18H19N5O2. The van der Waals surface area contributed by atoms with Crippen molar-refractivity contribution in [3.63, 3.8) is 0 Å². The van der Waals surface area contributed by atoms with Crippen LogP contribution in [-0.4, -0.2) is 26.8 Å². The van der Waals surface area contributed by atoms with Crippen molar-refractivity contribution in [2.45, 2.75) is 20.3 Å². The van der Waals surface area contributed by atoms with Gasteiger partial charge in [0.2, 0.25) is 0 Å². The molecule has 7 nitrogen and oxygen atoms in total. The number of carbonyl (C=O) groups excluding carboxylic acids is 2. The second-order valence-electron chi connectivity index (χ2n) is 6.26. The summed E-state index contributed by atoms with van der Waals surface area (Å²) in [6.45, 7) is 4.14. The van der Waals surface area contributed by atoms with E-state index in [4.69, 9.17) is 5.73 Å². The topological polar surface area (TPSA) is 114 Å². The number of anilines is 1. The second-order valence-corrected chi connectivity index (χ2v) is 6.26. The van der Waals surface area contributed by atoms with E-state index in [1.807, 2.05) is 0 Å². The molecule has 2 amide bonds. The predicted octanol–water partition coefficient (Wildman–Crippen LogP) is 2.51. The minimum atomic E-state index is -0.527. The highest BCUT2D eigenvalue weighted by molar-refractivity contribution is 6.04. The number of nitrogens with zero attached hydrogens (tertiary/aromatic N) is 2. The van der Waals surface area contributed by atoms with Gasteiger partial charge >= 0.3 is 0 Å². The molecule has 0 aliphatic rings. The van der Waals surface area contributed by atoms with Gasteiger partial charge in [-0.15, -0.1) is 0 Å². The maximum Gasteiger partial charge on any atom is 0.274 e. The number of carbonyl (C=O) groups is 2. The lowest BCUT2D eigenvalue weighted by atomic mass is 10.1. The number of hydrogen-bond donors (Lipinski definition) is 3. The van der Waals surface area contributed by atoms with Crippen LogP contribution in [0.3, 0.4) is 0 Å². The van der Waals surface area contributed by atoms with Crippen molar-refractivity contribution in [2.75, 3.05) is 5.32 Å². The van der Waals surface area contributed by atoms with Crippen molar-refractivity contribution in [1.82, 2.24) is 15.0 Å². The number of H-pyrrole nitrogens is 1. The fourth-order valence-electron chi connectivity index (χ4n) is 2.53. The van der Waals surface area contributed by atoms with Crippen LogP contribution in [0, 0.1) is 5.92 Å². The molecule has 7 heteroatoms. The zero-order valence-electron chi connectivity index (χ0n) is 14.0. The third-order valence-electron chi connectivity index (χ3n) is 3.67. The molecule has 3 rings (SSSR count). The van der Waals surface area contributed by atoms with Gasteiger partial charge < -0.3 is 16.0 Å². The number of amides is 2. The minimum absolute atomic E-state index is 0.308. The summed E-state index contributed by atoms with van der Waals surface area (Å²) in [6.07, 6.45) is 2.31. The molecule has 0 saturated heterocycles. The number of aromatic nitrogens is 3. The molecule has 3 aromatic rings. The summed E-state index contributed by atoms with van der Waals surface area (Å²) in [6, 6.07) is 8.53. The predicted molar refractivity (Wildman–Crippen MR) is 95.3 cm³/mol.